The maximum absolute atomic E-state index is 5.05. The molecular weight excluding hydrogens is 571 g/mol. The molecule has 2 heterocycles. The predicted molar refractivity (Wildman–Crippen MR) is 196 cm³/mol. The monoisotopic (exact) mass is 599 g/mol. The number of benzene rings is 7. The summed E-state index contributed by atoms with van der Waals surface area (Å²) in [5.41, 5.74) is 11.0. The van der Waals surface area contributed by atoms with Gasteiger partial charge < -0.3 is 0 Å². The largest absolute Gasteiger partial charge is 0.291 e. The lowest BCUT2D eigenvalue weighted by atomic mass is 9.85. The van der Waals surface area contributed by atoms with Crippen LogP contribution in [0, 0.1) is 0 Å². The first-order valence-electron chi connectivity index (χ1n) is 15.9. The van der Waals surface area contributed by atoms with Gasteiger partial charge in [0.2, 0.25) is 0 Å². The van der Waals surface area contributed by atoms with E-state index in [2.05, 4.69) is 162 Å². The van der Waals surface area contributed by atoms with E-state index in [0.717, 1.165) is 39.4 Å². The Morgan fingerprint density at radius 2 is 0.957 bits per heavy atom. The van der Waals surface area contributed by atoms with Gasteiger partial charge in [-0.2, -0.15) is 0 Å². The summed E-state index contributed by atoms with van der Waals surface area (Å²) < 4.78 is 2.20. The second kappa shape index (κ2) is 11.2. The summed E-state index contributed by atoms with van der Waals surface area (Å²) in [5, 5.41) is 4.93. The molecule has 0 saturated heterocycles. The quantitative estimate of drug-likeness (QED) is 0.184. The van der Waals surface area contributed by atoms with E-state index < -0.39 is 0 Å². The van der Waals surface area contributed by atoms with Gasteiger partial charge in [0.05, 0.1) is 28.6 Å². The summed E-state index contributed by atoms with van der Waals surface area (Å²) in [6.45, 7) is 0. The van der Waals surface area contributed by atoms with Gasteiger partial charge in [-0.1, -0.05) is 140 Å². The van der Waals surface area contributed by atoms with Crippen LogP contribution in [0.5, 0.6) is 0 Å². The van der Waals surface area contributed by atoms with Crippen molar-refractivity contribution < 1.29 is 0 Å². The lowest BCUT2D eigenvalue weighted by Crippen LogP contribution is -1.99. The highest BCUT2D eigenvalue weighted by Crippen LogP contribution is 2.44. The minimum Gasteiger partial charge on any atom is -0.291 e. The van der Waals surface area contributed by atoms with Gasteiger partial charge in [0, 0.05) is 11.1 Å². The normalized spacial score (nSPS) is 11.4. The van der Waals surface area contributed by atoms with Crippen LogP contribution in [0.3, 0.4) is 0 Å². The van der Waals surface area contributed by atoms with Gasteiger partial charge in [0.25, 0.3) is 0 Å². The molecule has 0 saturated carbocycles. The standard InChI is InChI=1S/C44H29N3/c1-4-14-30(15-5-1)42-35-20-10-11-21-36(35)43(31-16-6-2-7-17-31)38-28-33(24-26-37(38)42)39-27-25-34(29-45-39)47-41-23-13-12-22-40(41)46-44(47)32-18-8-3-9-19-32/h1-29H. The predicted octanol–water partition coefficient (Wildman–Crippen LogP) is 11.4. The van der Waals surface area contributed by atoms with Crippen LogP contribution >= 0.6 is 0 Å². The Kier molecular flexibility index (Phi) is 6.46. The Morgan fingerprint density at radius 3 is 1.60 bits per heavy atom. The van der Waals surface area contributed by atoms with Crippen molar-refractivity contribution >= 4 is 32.6 Å². The first kappa shape index (κ1) is 27.0. The van der Waals surface area contributed by atoms with Gasteiger partial charge in [-0.15, -0.1) is 0 Å². The second-order valence-electron chi connectivity index (χ2n) is 11.8. The molecule has 9 aromatic rings. The number of hydrogen-bond donors (Lipinski definition) is 0. The van der Waals surface area contributed by atoms with Gasteiger partial charge in [-0.3, -0.25) is 9.55 Å². The molecule has 9 rings (SSSR count). The van der Waals surface area contributed by atoms with E-state index in [0.29, 0.717) is 0 Å². The van der Waals surface area contributed by atoms with Crippen molar-refractivity contribution in [2.75, 3.05) is 0 Å². The second-order valence-corrected chi connectivity index (χ2v) is 11.8. The molecule has 3 heteroatoms. The van der Waals surface area contributed by atoms with Gasteiger partial charge in [0.15, 0.2) is 0 Å². The third-order valence-corrected chi connectivity index (χ3v) is 9.04. The summed E-state index contributed by atoms with van der Waals surface area (Å²) in [6.07, 6.45) is 1.97. The molecule has 2 aromatic heterocycles. The van der Waals surface area contributed by atoms with Gasteiger partial charge >= 0.3 is 0 Å². The molecule has 0 N–H and O–H groups in total. The van der Waals surface area contributed by atoms with Crippen molar-refractivity contribution in [1.29, 1.82) is 0 Å². The summed E-state index contributed by atoms with van der Waals surface area (Å²) >= 11 is 0. The molecule has 0 fully saturated rings. The van der Waals surface area contributed by atoms with Crippen molar-refractivity contribution in [2.45, 2.75) is 0 Å². The molecule has 0 amide bonds. The lowest BCUT2D eigenvalue weighted by Gasteiger charge is -2.18. The molecule has 0 atom stereocenters. The van der Waals surface area contributed by atoms with Crippen LogP contribution in [0.1, 0.15) is 0 Å². The fourth-order valence-electron chi connectivity index (χ4n) is 6.93. The number of rotatable bonds is 5. The minimum atomic E-state index is 0.903. The molecular formula is C44H29N3. The first-order valence-corrected chi connectivity index (χ1v) is 15.9. The minimum absolute atomic E-state index is 0.903. The average molecular weight is 600 g/mol. The zero-order valence-corrected chi connectivity index (χ0v) is 25.6. The molecule has 220 valence electrons. The molecule has 3 nitrogen and oxygen atoms in total. The first-order chi connectivity index (χ1) is 23.3. The van der Waals surface area contributed by atoms with Crippen molar-refractivity contribution in [3.05, 3.63) is 176 Å². The van der Waals surface area contributed by atoms with E-state index in [1.807, 2.05) is 18.3 Å². The van der Waals surface area contributed by atoms with Gasteiger partial charge in [0.1, 0.15) is 5.82 Å². The molecule has 7 aromatic carbocycles. The maximum atomic E-state index is 5.05. The topological polar surface area (TPSA) is 30.7 Å². The Morgan fingerprint density at radius 1 is 0.404 bits per heavy atom. The number of aromatic nitrogens is 3. The lowest BCUT2D eigenvalue weighted by molar-refractivity contribution is 1.08. The average Bonchev–Trinajstić information content (AvgIpc) is 3.54. The molecule has 0 aliphatic heterocycles. The molecule has 47 heavy (non-hydrogen) atoms. The highest BCUT2D eigenvalue weighted by molar-refractivity contribution is 6.21. The zero-order chi connectivity index (χ0) is 31.2. The van der Waals surface area contributed by atoms with Crippen LogP contribution in [0.2, 0.25) is 0 Å². The van der Waals surface area contributed by atoms with E-state index in [-0.39, 0.29) is 0 Å². The van der Waals surface area contributed by atoms with Crippen LogP contribution in [0.25, 0.3) is 83.2 Å². The van der Waals surface area contributed by atoms with E-state index in [1.165, 1.54) is 43.8 Å². The summed E-state index contributed by atoms with van der Waals surface area (Å²) in [7, 11) is 0. The molecule has 0 bridgehead atoms. The van der Waals surface area contributed by atoms with Gasteiger partial charge in [-0.05, 0) is 74.1 Å². The van der Waals surface area contributed by atoms with E-state index in [9.17, 15) is 0 Å². The molecule has 0 aliphatic carbocycles. The highest BCUT2D eigenvalue weighted by Gasteiger charge is 2.18. The fourth-order valence-corrected chi connectivity index (χ4v) is 6.93. The van der Waals surface area contributed by atoms with Crippen molar-refractivity contribution in [1.82, 2.24) is 14.5 Å². The van der Waals surface area contributed by atoms with E-state index in [1.54, 1.807) is 0 Å². The zero-order valence-electron chi connectivity index (χ0n) is 25.6. The fraction of sp³-hybridized carbons (Fsp3) is 0. The van der Waals surface area contributed by atoms with Gasteiger partial charge in [-0.25, -0.2) is 4.98 Å². The van der Waals surface area contributed by atoms with Crippen LogP contribution in [-0.4, -0.2) is 14.5 Å². The number of hydrogen-bond acceptors (Lipinski definition) is 2. The Hall–Kier alpha value is -6.32. The molecule has 0 spiro atoms. The molecule has 0 unspecified atom stereocenters. The molecule has 0 radical (unpaired) electrons. The third kappa shape index (κ3) is 4.60. The van der Waals surface area contributed by atoms with E-state index >= 15 is 0 Å². The number of imidazole rings is 1. The molecule has 0 aliphatic rings. The summed E-state index contributed by atoms with van der Waals surface area (Å²) in [4.78, 5) is 10.1. The Labute approximate surface area is 273 Å². The van der Waals surface area contributed by atoms with Crippen molar-refractivity contribution in [3.8, 4) is 50.6 Å². The number of fused-ring (bicyclic) bond motifs is 3. The maximum Gasteiger partial charge on any atom is 0.145 e. The number of nitrogens with zero attached hydrogens (tertiary/aromatic N) is 3. The van der Waals surface area contributed by atoms with Crippen molar-refractivity contribution in [2.24, 2.45) is 0 Å². The Balaban J connectivity index is 1.24. The Bertz CT molecular complexity index is 2530. The summed E-state index contributed by atoms with van der Waals surface area (Å²) in [5.74, 6) is 0.903. The number of para-hydroxylation sites is 2. The third-order valence-electron chi connectivity index (χ3n) is 9.04. The summed E-state index contributed by atoms with van der Waals surface area (Å²) in [6, 6.07) is 60.0. The smallest absolute Gasteiger partial charge is 0.145 e. The van der Waals surface area contributed by atoms with Crippen LogP contribution in [-0.2, 0) is 0 Å². The van der Waals surface area contributed by atoms with Crippen LogP contribution in [0.4, 0.5) is 0 Å². The van der Waals surface area contributed by atoms with E-state index in [4.69, 9.17) is 9.97 Å². The number of pyridine rings is 1. The van der Waals surface area contributed by atoms with Crippen LogP contribution in [0.15, 0.2) is 176 Å². The highest BCUT2D eigenvalue weighted by atomic mass is 15.1. The SMILES string of the molecule is c1ccc(-c2c3ccccc3c(-c3ccccc3)c3cc(-c4ccc(-n5c(-c6ccccc6)nc6ccccc65)cn4)ccc23)cc1. The van der Waals surface area contributed by atoms with Crippen molar-refractivity contribution in [3.63, 3.8) is 0 Å². The van der Waals surface area contributed by atoms with Crippen LogP contribution < -0.4 is 0 Å².